The second-order valence-electron chi connectivity index (χ2n) is 10.3. The van der Waals surface area contributed by atoms with Crippen molar-refractivity contribution in [2.45, 2.75) is 65.0 Å². The van der Waals surface area contributed by atoms with Crippen LogP contribution in [-0.4, -0.2) is 60.7 Å². The summed E-state index contributed by atoms with van der Waals surface area (Å²) in [5.74, 6) is 1.26. The van der Waals surface area contributed by atoms with Crippen LogP contribution in [0.4, 0.5) is 0 Å². The monoisotopic (exact) mass is 561 g/mol. The third-order valence-electron chi connectivity index (χ3n) is 7.40. The molecule has 4 aromatic rings. The summed E-state index contributed by atoms with van der Waals surface area (Å²) < 4.78 is 7.84. The Labute approximate surface area is 239 Å². The van der Waals surface area contributed by atoms with E-state index in [0.29, 0.717) is 24.1 Å². The van der Waals surface area contributed by atoms with Crippen LogP contribution in [0.2, 0.25) is 5.15 Å². The molecule has 0 aliphatic carbocycles. The molecule has 0 radical (unpaired) electrons. The van der Waals surface area contributed by atoms with Crippen molar-refractivity contribution in [2.75, 3.05) is 19.6 Å². The Morgan fingerprint density at radius 2 is 1.77 bits per heavy atom. The van der Waals surface area contributed by atoms with E-state index in [-0.39, 0.29) is 12.6 Å². The predicted octanol–water partition coefficient (Wildman–Crippen LogP) is 5.69. The van der Waals surface area contributed by atoms with Gasteiger partial charge in [-0.1, -0.05) is 86.3 Å². The van der Waals surface area contributed by atoms with E-state index in [1.54, 1.807) is 0 Å². The highest BCUT2D eigenvalue weighted by atomic mass is 35.5. The minimum absolute atomic E-state index is 0.112. The van der Waals surface area contributed by atoms with Crippen LogP contribution in [0.5, 0.6) is 0 Å². The summed E-state index contributed by atoms with van der Waals surface area (Å²) in [5.41, 5.74) is 4.84. The van der Waals surface area contributed by atoms with E-state index in [1.165, 1.54) is 12.8 Å². The van der Waals surface area contributed by atoms with Crippen molar-refractivity contribution >= 4 is 17.6 Å². The van der Waals surface area contributed by atoms with E-state index in [2.05, 4.69) is 72.3 Å². The Morgan fingerprint density at radius 3 is 2.48 bits per heavy atom. The van der Waals surface area contributed by atoms with Crippen LogP contribution in [-0.2, 0) is 29.1 Å². The standard InChI is InChI=1S/C30H36ClN7O2/c1-2-3-12-27-32-29(31)26(21-40-28(39)20-37-17-8-4-5-9-18-37)38(27)19-22-13-15-23(16-14-22)24-10-6-7-11-25(24)30-33-35-36-34-30/h6-7,10-11,13-16H,2-5,8-9,12,17-21H2,1H3,(H,33,34,35,36). The van der Waals surface area contributed by atoms with Crippen molar-refractivity contribution in [3.63, 3.8) is 0 Å². The van der Waals surface area contributed by atoms with Crippen molar-refractivity contribution in [1.82, 2.24) is 35.1 Å². The summed E-state index contributed by atoms with van der Waals surface area (Å²) in [7, 11) is 0. The number of hydrogen-bond acceptors (Lipinski definition) is 7. The van der Waals surface area contributed by atoms with Crippen LogP contribution in [0.3, 0.4) is 0 Å². The Bertz CT molecular complexity index is 1380. The van der Waals surface area contributed by atoms with E-state index in [0.717, 1.165) is 79.0 Å². The first kappa shape index (κ1) is 28.0. The van der Waals surface area contributed by atoms with Gasteiger partial charge in [0.1, 0.15) is 12.4 Å². The Kier molecular flexibility index (Phi) is 9.57. The van der Waals surface area contributed by atoms with E-state index in [9.17, 15) is 4.79 Å². The lowest BCUT2D eigenvalue weighted by molar-refractivity contribution is -0.146. The molecule has 1 saturated heterocycles. The molecular weight excluding hydrogens is 526 g/mol. The number of nitrogens with zero attached hydrogens (tertiary/aromatic N) is 6. The van der Waals surface area contributed by atoms with Gasteiger partial charge >= 0.3 is 5.97 Å². The first-order chi connectivity index (χ1) is 19.6. The molecule has 1 N–H and O–H groups in total. The van der Waals surface area contributed by atoms with Crippen molar-refractivity contribution < 1.29 is 9.53 Å². The second-order valence-corrected chi connectivity index (χ2v) is 10.6. The molecule has 0 amide bonds. The van der Waals surface area contributed by atoms with Gasteiger partial charge in [-0.05, 0) is 54.3 Å². The highest BCUT2D eigenvalue weighted by Crippen LogP contribution is 2.30. The number of halogens is 1. The van der Waals surface area contributed by atoms with Gasteiger partial charge < -0.3 is 9.30 Å². The minimum Gasteiger partial charge on any atom is -0.458 e. The molecule has 1 fully saturated rings. The third-order valence-corrected chi connectivity index (χ3v) is 7.70. The summed E-state index contributed by atoms with van der Waals surface area (Å²) in [4.78, 5) is 19.5. The van der Waals surface area contributed by atoms with Crippen LogP contribution in [0, 0.1) is 0 Å². The molecule has 210 valence electrons. The molecule has 5 rings (SSSR count). The molecule has 0 bridgehead atoms. The zero-order chi connectivity index (χ0) is 27.7. The first-order valence-corrected chi connectivity index (χ1v) is 14.5. The number of rotatable bonds is 11. The molecule has 0 spiro atoms. The topological polar surface area (TPSA) is 102 Å². The molecule has 10 heteroatoms. The number of benzene rings is 2. The van der Waals surface area contributed by atoms with Gasteiger partial charge in [0.05, 0.1) is 12.2 Å². The molecule has 40 heavy (non-hydrogen) atoms. The van der Waals surface area contributed by atoms with E-state index in [4.69, 9.17) is 16.3 Å². The number of H-pyrrole nitrogens is 1. The highest BCUT2D eigenvalue weighted by molar-refractivity contribution is 6.30. The molecule has 2 aromatic heterocycles. The molecule has 0 atom stereocenters. The molecule has 1 aliphatic rings. The molecule has 3 heterocycles. The predicted molar refractivity (Wildman–Crippen MR) is 155 cm³/mol. The van der Waals surface area contributed by atoms with Crippen molar-refractivity contribution in [2.24, 2.45) is 0 Å². The van der Waals surface area contributed by atoms with Crippen molar-refractivity contribution in [1.29, 1.82) is 0 Å². The number of carbonyl (C=O) groups is 1. The summed E-state index contributed by atoms with van der Waals surface area (Å²) >= 11 is 6.61. The number of aromatic nitrogens is 6. The molecule has 0 unspecified atom stereocenters. The van der Waals surface area contributed by atoms with Gasteiger partial charge in [0, 0.05) is 18.5 Å². The minimum atomic E-state index is -0.217. The average Bonchev–Trinajstić information content (AvgIpc) is 3.52. The Hall–Kier alpha value is -3.56. The first-order valence-electron chi connectivity index (χ1n) is 14.2. The Morgan fingerprint density at radius 1 is 1.02 bits per heavy atom. The van der Waals surface area contributed by atoms with Gasteiger partial charge in [0.25, 0.3) is 0 Å². The number of tetrazole rings is 1. The van der Waals surface area contributed by atoms with Crippen molar-refractivity contribution in [3.8, 4) is 22.5 Å². The van der Waals surface area contributed by atoms with Gasteiger partial charge in [0.2, 0.25) is 5.82 Å². The van der Waals surface area contributed by atoms with Gasteiger partial charge in [-0.25, -0.2) is 4.98 Å². The van der Waals surface area contributed by atoms with Crippen LogP contribution in [0.1, 0.15) is 62.5 Å². The average molecular weight is 562 g/mol. The van der Waals surface area contributed by atoms with Crippen molar-refractivity contribution in [3.05, 3.63) is 70.8 Å². The quantitative estimate of drug-likeness (QED) is 0.235. The number of likely N-dealkylation sites (tertiary alicyclic amines) is 1. The van der Waals surface area contributed by atoms with Gasteiger partial charge in [-0.15, -0.1) is 10.2 Å². The number of carbonyl (C=O) groups excluding carboxylic acids is 1. The lowest BCUT2D eigenvalue weighted by Gasteiger charge is -2.19. The zero-order valence-electron chi connectivity index (χ0n) is 23.0. The maximum atomic E-state index is 12.7. The fourth-order valence-electron chi connectivity index (χ4n) is 5.20. The second kappa shape index (κ2) is 13.7. The molecule has 0 saturated carbocycles. The zero-order valence-corrected chi connectivity index (χ0v) is 23.7. The molecular formula is C30H36ClN7O2. The molecule has 9 nitrogen and oxygen atoms in total. The lowest BCUT2D eigenvalue weighted by atomic mass is 9.98. The summed E-state index contributed by atoms with van der Waals surface area (Å²) in [6.07, 6.45) is 7.60. The SMILES string of the molecule is CCCCc1nc(Cl)c(COC(=O)CN2CCCCCC2)n1Cc1ccc(-c2ccccc2-c2nn[nH]n2)cc1. The number of esters is 1. The summed E-state index contributed by atoms with van der Waals surface area (Å²) in [6.45, 7) is 5.08. The van der Waals surface area contributed by atoms with Crippen LogP contribution >= 0.6 is 11.6 Å². The van der Waals surface area contributed by atoms with Crippen LogP contribution in [0.15, 0.2) is 48.5 Å². The number of imidazole rings is 1. The maximum Gasteiger partial charge on any atom is 0.320 e. The Balaban J connectivity index is 1.32. The number of aromatic amines is 1. The maximum absolute atomic E-state index is 12.7. The van der Waals surface area contributed by atoms with Gasteiger partial charge in [-0.2, -0.15) is 5.21 Å². The normalized spacial score (nSPS) is 14.2. The third kappa shape index (κ3) is 6.95. The van der Waals surface area contributed by atoms with E-state index in [1.807, 2.05) is 18.2 Å². The number of ether oxygens (including phenoxy) is 1. The largest absolute Gasteiger partial charge is 0.458 e. The number of aryl methyl sites for hydroxylation is 1. The number of nitrogens with one attached hydrogen (secondary N) is 1. The summed E-state index contributed by atoms with van der Waals surface area (Å²) in [5, 5.41) is 14.9. The fourth-order valence-corrected chi connectivity index (χ4v) is 5.46. The molecule has 2 aromatic carbocycles. The van der Waals surface area contributed by atoms with E-state index >= 15 is 0 Å². The van der Waals surface area contributed by atoms with Crippen LogP contribution < -0.4 is 0 Å². The van der Waals surface area contributed by atoms with Gasteiger partial charge in [-0.3, -0.25) is 9.69 Å². The molecule has 1 aliphatic heterocycles. The van der Waals surface area contributed by atoms with Gasteiger partial charge in [0.15, 0.2) is 5.15 Å². The van der Waals surface area contributed by atoms with Crippen LogP contribution in [0.25, 0.3) is 22.5 Å². The fraction of sp³-hybridized carbons (Fsp3) is 0.433. The smallest absolute Gasteiger partial charge is 0.320 e. The number of hydrogen-bond donors (Lipinski definition) is 1. The lowest BCUT2D eigenvalue weighted by Crippen LogP contribution is -2.31. The summed E-state index contributed by atoms with van der Waals surface area (Å²) in [6, 6.07) is 16.4. The van der Waals surface area contributed by atoms with E-state index < -0.39 is 0 Å². The number of unbranched alkanes of at least 4 members (excludes halogenated alkanes) is 1. The highest BCUT2D eigenvalue weighted by Gasteiger charge is 2.20.